The zero-order valence-corrected chi connectivity index (χ0v) is 16.9. The standard InChI is InChI=1S/C21H26N2O2S/c1-14(2)23(16-10-15(3)11-21(4,5)12-16)19(24)13-25-20-22-17-8-6-7-9-18(17)26-20/h6-11,14H,12-13H2,1-5H3. The number of benzene rings is 1. The van der Waals surface area contributed by atoms with Crippen LogP contribution in [-0.2, 0) is 4.79 Å². The number of carbonyl (C=O) groups excluding carboxylic acids is 1. The maximum Gasteiger partial charge on any atom is 0.274 e. The first kappa shape index (κ1) is 18.6. The Morgan fingerprint density at radius 1 is 1.35 bits per heavy atom. The number of aromatic nitrogens is 1. The lowest BCUT2D eigenvalue weighted by Crippen LogP contribution is -2.41. The third-order valence-electron chi connectivity index (χ3n) is 4.34. The van der Waals surface area contributed by atoms with Gasteiger partial charge in [0.15, 0.2) is 6.61 Å². The van der Waals surface area contributed by atoms with Gasteiger partial charge >= 0.3 is 0 Å². The summed E-state index contributed by atoms with van der Waals surface area (Å²) in [6.07, 6.45) is 5.22. The second-order valence-electron chi connectivity index (χ2n) is 7.78. The molecular weight excluding hydrogens is 344 g/mol. The fourth-order valence-corrected chi connectivity index (χ4v) is 4.34. The molecule has 138 valence electrons. The number of hydrogen-bond donors (Lipinski definition) is 0. The Balaban J connectivity index is 1.74. The van der Waals surface area contributed by atoms with Crippen LogP contribution >= 0.6 is 11.3 Å². The molecule has 3 rings (SSSR count). The summed E-state index contributed by atoms with van der Waals surface area (Å²) in [5.41, 5.74) is 3.21. The summed E-state index contributed by atoms with van der Waals surface area (Å²) in [4.78, 5) is 19.2. The third kappa shape index (κ3) is 4.15. The highest BCUT2D eigenvalue weighted by Gasteiger charge is 2.29. The molecule has 0 aliphatic heterocycles. The van der Waals surface area contributed by atoms with Gasteiger partial charge in [0.2, 0.25) is 0 Å². The minimum atomic E-state index is -0.0315. The Morgan fingerprint density at radius 3 is 2.73 bits per heavy atom. The molecule has 0 radical (unpaired) electrons. The Bertz CT molecular complexity index is 844. The zero-order chi connectivity index (χ0) is 18.9. The van der Waals surface area contributed by atoms with Gasteiger partial charge in [-0.3, -0.25) is 4.79 Å². The van der Waals surface area contributed by atoms with Crippen molar-refractivity contribution in [3.05, 3.63) is 47.7 Å². The summed E-state index contributed by atoms with van der Waals surface area (Å²) in [5.74, 6) is -0.0315. The lowest BCUT2D eigenvalue weighted by molar-refractivity contribution is -0.133. The first-order valence-corrected chi connectivity index (χ1v) is 9.77. The molecule has 1 heterocycles. The van der Waals surface area contributed by atoms with E-state index in [1.165, 1.54) is 16.9 Å². The monoisotopic (exact) mass is 370 g/mol. The SMILES string of the molecule is CC1=CC(C)(C)CC(N(C(=O)COc2nc3ccccc3s2)C(C)C)=C1. The van der Waals surface area contributed by atoms with Gasteiger partial charge in [-0.05, 0) is 50.8 Å². The number of nitrogens with zero attached hydrogens (tertiary/aromatic N) is 2. The molecule has 0 bridgehead atoms. The summed E-state index contributed by atoms with van der Waals surface area (Å²) >= 11 is 1.47. The highest BCUT2D eigenvalue weighted by atomic mass is 32.1. The van der Waals surface area contributed by atoms with E-state index in [9.17, 15) is 4.79 Å². The lowest BCUT2D eigenvalue weighted by atomic mass is 9.81. The molecule has 0 saturated carbocycles. The van der Waals surface area contributed by atoms with E-state index in [0.717, 1.165) is 22.3 Å². The van der Waals surface area contributed by atoms with Crippen molar-refractivity contribution in [2.24, 2.45) is 5.41 Å². The van der Waals surface area contributed by atoms with E-state index in [1.54, 1.807) is 0 Å². The summed E-state index contributed by atoms with van der Waals surface area (Å²) in [5, 5.41) is 0.539. The van der Waals surface area contributed by atoms with Crippen molar-refractivity contribution in [1.82, 2.24) is 9.88 Å². The average Bonchev–Trinajstić information content (AvgIpc) is 2.93. The van der Waals surface area contributed by atoms with Gasteiger partial charge in [0.05, 0.1) is 10.2 Å². The number of hydrogen-bond acceptors (Lipinski definition) is 4. The Kier molecular flexibility index (Phi) is 5.19. The van der Waals surface area contributed by atoms with Crippen molar-refractivity contribution in [3.63, 3.8) is 0 Å². The number of allylic oxidation sites excluding steroid dienone is 4. The van der Waals surface area contributed by atoms with Crippen molar-refractivity contribution >= 4 is 27.5 Å². The van der Waals surface area contributed by atoms with E-state index in [0.29, 0.717) is 5.19 Å². The summed E-state index contributed by atoms with van der Waals surface area (Å²) in [6.45, 7) is 10.6. The third-order valence-corrected chi connectivity index (χ3v) is 5.29. The molecule has 1 aliphatic carbocycles. The second-order valence-corrected chi connectivity index (χ2v) is 8.78. The molecule has 0 atom stereocenters. The van der Waals surface area contributed by atoms with Gasteiger partial charge in [-0.25, -0.2) is 4.98 Å². The highest BCUT2D eigenvalue weighted by Crippen LogP contribution is 2.35. The molecule has 0 fully saturated rings. The minimum absolute atomic E-state index is 0.00146. The van der Waals surface area contributed by atoms with Gasteiger partial charge < -0.3 is 9.64 Å². The number of amides is 1. The van der Waals surface area contributed by atoms with Crippen LogP contribution in [0.3, 0.4) is 0 Å². The van der Waals surface area contributed by atoms with E-state index in [4.69, 9.17) is 4.74 Å². The van der Waals surface area contributed by atoms with Crippen LogP contribution in [0.2, 0.25) is 0 Å². The summed E-state index contributed by atoms with van der Waals surface area (Å²) in [7, 11) is 0. The maximum atomic E-state index is 12.9. The molecule has 0 saturated heterocycles. The van der Waals surface area contributed by atoms with Crippen LogP contribution < -0.4 is 4.74 Å². The molecule has 1 amide bonds. The fourth-order valence-electron chi connectivity index (χ4n) is 3.53. The van der Waals surface area contributed by atoms with E-state index in [-0.39, 0.29) is 24.0 Å². The fraction of sp³-hybridized carbons (Fsp3) is 0.429. The van der Waals surface area contributed by atoms with Gasteiger partial charge in [0, 0.05) is 11.7 Å². The van der Waals surface area contributed by atoms with Crippen LogP contribution in [-0.4, -0.2) is 28.4 Å². The topological polar surface area (TPSA) is 42.4 Å². The minimum Gasteiger partial charge on any atom is -0.460 e. The van der Waals surface area contributed by atoms with Gasteiger partial charge in [-0.1, -0.05) is 49.0 Å². The molecule has 2 aromatic rings. The highest BCUT2D eigenvalue weighted by molar-refractivity contribution is 7.20. The average molecular weight is 371 g/mol. The van der Waals surface area contributed by atoms with E-state index < -0.39 is 0 Å². The van der Waals surface area contributed by atoms with Crippen LogP contribution in [0, 0.1) is 5.41 Å². The van der Waals surface area contributed by atoms with Gasteiger partial charge in [0.25, 0.3) is 11.1 Å². The molecule has 0 unspecified atom stereocenters. The van der Waals surface area contributed by atoms with Crippen molar-refractivity contribution < 1.29 is 9.53 Å². The predicted octanol–water partition coefficient (Wildman–Crippen LogP) is 5.17. The number of carbonyl (C=O) groups is 1. The molecule has 4 nitrogen and oxygen atoms in total. The van der Waals surface area contributed by atoms with E-state index in [1.807, 2.05) is 43.0 Å². The summed E-state index contributed by atoms with van der Waals surface area (Å²) < 4.78 is 6.79. The van der Waals surface area contributed by atoms with Crippen LogP contribution in [0.25, 0.3) is 10.2 Å². The molecule has 1 aliphatic rings. The Morgan fingerprint density at radius 2 is 2.08 bits per heavy atom. The van der Waals surface area contributed by atoms with Crippen molar-refractivity contribution in [1.29, 1.82) is 0 Å². The van der Waals surface area contributed by atoms with Crippen LogP contribution in [0.15, 0.2) is 47.7 Å². The van der Waals surface area contributed by atoms with Gasteiger partial charge in [-0.15, -0.1) is 0 Å². The number of fused-ring (bicyclic) bond motifs is 1. The molecule has 0 spiro atoms. The number of thiazole rings is 1. The number of rotatable bonds is 5. The van der Waals surface area contributed by atoms with Crippen molar-refractivity contribution in [2.45, 2.75) is 47.1 Å². The largest absolute Gasteiger partial charge is 0.460 e. The maximum absolute atomic E-state index is 12.9. The first-order valence-electron chi connectivity index (χ1n) is 8.96. The van der Waals surface area contributed by atoms with Crippen molar-refractivity contribution in [3.8, 4) is 5.19 Å². The molecule has 0 N–H and O–H groups in total. The van der Waals surface area contributed by atoms with E-state index >= 15 is 0 Å². The molecule has 1 aromatic heterocycles. The normalized spacial score (nSPS) is 16.4. The molecule has 5 heteroatoms. The van der Waals surface area contributed by atoms with Gasteiger partial charge in [0.1, 0.15) is 0 Å². The molecular formula is C21H26N2O2S. The predicted molar refractivity (Wildman–Crippen MR) is 107 cm³/mol. The molecule has 1 aromatic carbocycles. The zero-order valence-electron chi connectivity index (χ0n) is 16.1. The first-order chi connectivity index (χ1) is 12.2. The van der Waals surface area contributed by atoms with Crippen LogP contribution in [0.5, 0.6) is 5.19 Å². The van der Waals surface area contributed by atoms with Crippen LogP contribution in [0.1, 0.15) is 41.0 Å². The number of para-hydroxylation sites is 1. The summed E-state index contributed by atoms with van der Waals surface area (Å²) in [6, 6.07) is 7.96. The second kappa shape index (κ2) is 7.23. The van der Waals surface area contributed by atoms with Gasteiger partial charge in [-0.2, -0.15) is 0 Å². The number of ether oxygens (including phenoxy) is 1. The van der Waals surface area contributed by atoms with Crippen LogP contribution in [0.4, 0.5) is 0 Å². The van der Waals surface area contributed by atoms with Crippen molar-refractivity contribution in [2.75, 3.05) is 6.61 Å². The Hall–Kier alpha value is -2.14. The molecule has 26 heavy (non-hydrogen) atoms. The quantitative estimate of drug-likeness (QED) is 0.729. The lowest BCUT2D eigenvalue weighted by Gasteiger charge is -2.35. The van der Waals surface area contributed by atoms with E-state index in [2.05, 4.69) is 37.9 Å². The smallest absolute Gasteiger partial charge is 0.274 e. The Labute approximate surface area is 159 Å².